The molecule has 2 unspecified atom stereocenters. The SMILES string of the molecule is CC/C=C/CC(O)/C=C/C=C/CCCCCCCC(=O)OC[C@H](COP(=O)(O)OCC[N+](C)(C)C)OC(=O)CCCCCCCCCCc1oc(CCCCC)c(C)c1C. The zero-order valence-corrected chi connectivity index (χ0v) is 39.7. The smallest absolute Gasteiger partial charge is 0.466 e. The fraction of sp³-hybridized carbons (Fsp3) is 0.750. The molecule has 60 heavy (non-hydrogen) atoms. The number of aryl methyl sites for hydroxylation is 2. The lowest BCUT2D eigenvalue weighted by Gasteiger charge is -2.24. The number of likely N-dealkylation sites (N-methyl/N-ethyl adjacent to an activating group) is 1. The van der Waals surface area contributed by atoms with E-state index in [1.807, 2.05) is 45.4 Å². The van der Waals surface area contributed by atoms with Gasteiger partial charge in [0.15, 0.2) is 6.10 Å². The number of rotatable bonds is 38. The van der Waals surface area contributed by atoms with Gasteiger partial charge in [-0.1, -0.05) is 121 Å². The van der Waals surface area contributed by atoms with Crippen molar-refractivity contribution < 1.29 is 51.6 Å². The summed E-state index contributed by atoms with van der Waals surface area (Å²) in [4.78, 5) is 35.5. The molecule has 1 aromatic rings. The maximum atomic E-state index is 12.8. The molecule has 1 heterocycles. The highest BCUT2D eigenvalue weighted by atomic mass is 31.2. The molecular formula is C48H85NO10P+. The van der Waals surface area contributed by atoms with Gasteiger partial charge in [0, 0.05) is 25.7 Å². The number of aliphatic hydroxyl groups is 1. The molecule has 2 N–H and O–H groups in total. The van der Waals surface area contributed by atoms with Crippen molar-refractivity contribution in [3.63, 3.8) is 0 Å². The van der Waals surface area contributed by atoms with Crippen LogP contribution in [0.25, 0.3) is 0 Å². The van der Waals surface area contributed by atoms with Gasteiger partial charge in [-0.3, -0.25) is 18.6 Å². The second-order valence-electron chi connectivity index (χ2n) is 17.2. The number of hydrogen-bond donors (Lipinski definition) is 2. The Bertz CT molecular complexity index is 1410. The molecule has 12 heteroatoms. The standard InChI is InChI=1S/C48H84NO10P/c1-8-10-25-31-43(50)32-27-21-17-13-12-14-19-23-29-35-47(51)55-39-44(40-57-60(53,54)56-38-37-49(5,6)7)58-48(52)36-30-24-20-16-15-18-22-28-34-46-42(4)41(3)45(59-46)33-26-11-9-2/h10,17,21,25,27,32,43-44,50H,8-9,11-16,18-20,22-24,26,28-31,33-40H2,1-7H3/p+1/b21-17+,25-10+,32-27+/t43?,44-/m1/s1. The number of aliphatic hydroxyl groups excluding tert-OH is 1. The Morgan fingerprint density at radius 3 is 1.88 bits per heavy atom. The summed E-state index contributed by atoms with van der Waals surface area (Å²) in [6.07, 6.45) is 32.0. The minimum absolute atomic E-state index is 0.0115. The van der Waals surface area contributed by atoms with Crippen LogP contribution in [-0.2, 0) is 45.5 Å². The molecule has 1 aromatic heterocycles. The van der Waals surface area contributed by atoms with E-state index in [9.17, 15) is 24.2 Å². The zero-order valence-electron chi connectivity index (χ0n) is 38.8. The van der Waals surface area contributed by atoms with Crippen LogP contribution in [-0.4, -0.2) is 86.1 Å². The number of ether oxygens (including phenoxy) is 2. The number of esters is 2. The molecule has 0 fully saturated rings. The number of allylic oxidation sites excluding steroid dienone is 4. The Morgan fingerprint density at radius 1 is 0.717 bits per heavy atom. The van der Waals surface area contributed by atoms with Crippen LogP contribution < -0.4 is 0 Å². The second-order valence-corrected chi connectivity index (χ2v) is 18.6. The molecule has 11 nitrogen and oxygen atoms in total. The van der Waals surface area contributed by atoms with Gasteiger partial charge in [-0.05, 0) is 76.3 Å². The molecule has 346 valence electrons. The number of phosphoric ester groups is 1. The lowest BCUT2D eigenvalue weighted by molar-refractivity contribution is -0.870. The van der Waals surface area contributed by atoms with Gasteiger partial charge in [0.05, 0.1) is 33.9 Å². The summed E-state index contributed by atoms with van der Waals surface area (Å²) in [6, 6.07) is 0. The highest BCUT2D eigenvalue weighted by Gasteiger charge is 2.27. The number of phosphoric acid groups is 1. The summed E-state index contributed by atoms with van der Waals surface area (Å²) in [5.74, 6) is 1.45. The Balaban J connectivity index is 2.37. The summed E-state index contributed by atoms with van der Waals surface area (Å²) < 4.78 is 40.6. The van der Waals surface area contributed by atoms with Gasteiger partial charge < -0.3 is 28.4 Å². The average molecular weight is 867 g/mol. The molecular weight excluding hydrogens is 781 g/mol. The van der Waals surface area contributed by atoms with E-state index in [2.05, 4.69) is 33.8 Å². The second kappa shape index (κ2) is 34.0. The highest BCUT2D eigenvalue weighted by molar-refractivity contribution is 7.47. The van der Waals surface area contributed by atoms with Crippen LogP contribution in [0.3, 0.4) is 0 Å². The first-order valence-electron chi connectivity index (χ1n) is 23.2. The van der Waals surface area contributed by atoms with Crippen LogP contribution >= 0.6 is 7.82 Å². The van der Waals surface area contributed by atoms with Crippen molar-refractivity contribution in [2.75, 3.05) is 47.5 Å². The third-order valence-electron chi connectivity index (χ3n) is 10.5. The Hall–Kier alpha value is -2.53. The predicted octanol–water partition coefficient (Wildman–Crippen LogP) is 11.5. The van der Waals surface area contributed by atoms with Gasteiger partial charge in [-0.15, -0.1) is 0 Å². The fourth-order valence-corrected chi connectivity index (χ4v) is 7.26. The van der Waals surface area contributed by atoms with E-state index in [0.29, 0.717) is 30.3 Å². The zero-order chi connectivity index (χ0) is 44.5. The summed E-state index contributed by atoms with van der Waals surface area (Å²) in [5.41, 5.74) is 2.65. The molecule has 0 aliphatic carbocycles. The maximum Gasteiger partial charge on any atom is 0.472 e. The van der Waals surface area contributed by atoms with E-state index in [1.165, 1.54) is 49.0 Å². The lowest BCUT2D eigenvalue weighted by Crippen LogP contribution is -2.37. The van der Waals surface area contributed by atoms with Gasteiger partial charge in [0.25, 0.3) is 0 Å². The van der Waals surface area contributed by atoms with Crippen LogP contribution in [0.15, 0.2) is 40.9 Å². The molecule has 0 saturated heterocycles. The van der Waals surface area contributed by atoms with Gasteiger partial charge in [-0.25, -0.2) is 4.57 Å². The van der Waals surface area contributed by atoms with E-state index in [0.717, 1.165) is 89.2 Å². The molecule has 1 rings (SSSR count). The molecule has 0 aliphatic rings. The Morgan fingerprint density at radius 2 is 1.28 bits per heavy atom. The first-order chi connectivity index (χ1) is 28.7. The number of nitrogens with zero attached hydrogens (tertiary/aromatic N) is 1. The van der Waals surface area contributed by atoms with Gasteiger partial charge in [-0.2, -0.15) is 0 Å². The van der Waals surface area contributed by atoms with Crippen molar-refractivity contribution in [3.05, 3.63) is 59.1 Å². The van der Waals surface area contributed by atoms with Crippen molar-refractivity contribution in [2.24, 2.45) is 0 Å². The lowest BCUT2D eigenvalue weighted by atomic mass is 10.0. The minimum atomic E-state index is -4.41. The fourth-order valence-electron chi connectivity index (χ4n) is 6.52. The normalized spacial score (nSPS) is 14.3. The molecule has 0 saturated carbocycles. The molecule has 0 amide bonds. The van der Waals surface area contributed by atoms with E-state index in [1.54, 1.807) is 6.08 Å². The number of unbranched alkanes of at least 4 members (excludes halogenated alkanes) is 14. The third kappa shape index (κ3) is 30.5. The summed E-state index contributed by atoms with van der Waals surface area (Å²) >= 11 is 0. The molecule has 0 radical (unpaired) electrons. The highest BCUT2D eigenvalue weighted by Crippen LogP contribution is 2.43. The first kappa shape index (κ1) is 55.5. The average Bonchev–Trinajstić information content (AvgIpc) is 3.46. The molecule has 0 aromatic carbocycles. The van der Waals surface area contributed by atoms with Crippen LogP contribution in [0, 0.1) is 13.8 Å². The van der Waals surface area contributed by atoms with Gasteiger partial charge in [0.1, 0.15) is 31.3 Å². The topological polar surface area (TPSA) is 142 Å². The maximum absolute atomic E-state index is 12.8. The quantitative estimate of drug-likeness (QED) is 0.0165. The first-order valence-corrected chi connectivity index (χ1v) is 24.7. The van der Waals surface area contributed by atoms with Crippen molar-refractivity contribution >= 4 is 19.8 Å². The van der Waals surface area contributed by atoms with E-state index >= 15 is 0 Å². The number of carbonyl (C=O) groups is 2. The largest absolute Gasteiger partial charge is 0.472 e. The van der Waals surface area contributed by atoms with Gasteiger partial charge in [0.2, 0.25) is 0 Å². The number of carbonyl (C=O) groups excluding carboxylic acids is 2. The molecule has 0 spiro atoms. The number of quaternary nitrogens is 1. The number of furan rings is 1. The van der Waals surface area contributed by atoms with Crippen LogP contribution in [0.1, 0.15) is 171 Å². The van der Waals surface area contributed by atoms with Crippen LogP contribution in [0.5, 0.6) is 0 Å². The summed E-state index contributed by atoms with van der Waals surface area (Å²) in [6.45, 7) is 8.47. The predicted molar refractivity (Wildman–Crippen MR) is 243 cm³/mol. The van der Waals surface area contributed by atoms with E-state index in [-0.39, 0.29) is 26.1 Å². The summed E-state index contributed by atoms with van der Waals surface area (Å²) in [7, 11) is 1.41. The van der Waals surface area contributed by atoms with Crippen molar-refractivity contribution in [3.8, 4) is 0 Å². The van der Waals surface area contributed by atoms with Crippen molar-refractivity contribution in [1.29, 1.82) is 0 Å². The monoisotopic (exact) mass is 867 g/mol. The Kier molecular flexibility index (Phi) is 31.5. The minimum Gasteiger partial charge on any atom is -0.466 e. The van der Waals surface area contributed by atoms with Crippen LogP contribution in [0.4, 0.5) is 0 Å². The van der Waals surface area contributed by atoms with Crippen molar-refractivity contribution in [2.45, 2.75) is 188 Å². The molecule has 3 atom stereocenters. The summed E-state index contributed by atoms with van der Waals surface area (Å²) in [5, 5.41) is 9.89. The van der Waals surface area contributed by atoms with Crippen LogP contribution in [0.2, 0.25) is 0 Å². The van der Waals surface area contributed by atoms with E-state index in [4.69, 9.17) is 22.9 Å². The third-order valence-corrected chi connectivity index (χ3v) is 11.5. The molecule has 0 bridgehead atoms. The van der Waals surface area contributed by atoms with E-state index < -0.39 is 38.6 Å². The number of hydrogen-bond acceptors (Lipinski definition) is 9. The Labute approximate surface area is 364 Å². The molecule has 0 aliphatic heterocycles. The van der Waals surface area contributed by atoms with Crippen molar-refractivity contribution in [1.82, 2.24) is 0 Å². The van der Waals surface area contributed by atoms with Gasteiger partial charge >= 0.3 is 19.8 Å².